The minimum absolute atomic E-state index is 0.476. The fourth-order valence-electron chi connectivity index (χ4n) is 2.39. The number of carbonyl (C=O) groups is 1. The Bertz CT molecular complexity index is 902. The number of benzene rings is 3. The van der Waals surface area contributed by atoms with E-state index in [1.54, 1.807) is 30.5 Å². The lowest BCUT2D eigenvalue weighted by Gasteiger charge is -2.02. The molecule has 0 aliphatic carbocycles. The molecular weight excluding hydrogens is 336 g/mol. The largest absolute Gasteiger partial charge is 0.433 e. The minimum atomic E-state index is -0.612. The summed E-state index contributed by atoms with van der Waals surface area (Å²) in [5.41, 5.74) is 5.75. The van der Waals surface area contributed by atoms with Crippen molar-refractivity contribution in [2.75, 3.05) is 0 Å². The number of para-hydroxylation sites is 1. The number of hydrogen-bond acceptors (Lipinski definition) is 3. The summed E-state index contributed by atoms with van der Waals surface area (Å²) in [5.74, 6) is 0.476. The average molecular weight is 356 g/mol. The lowest BCUT2D eigenvalue weighted by atomic mass is 10.1. The van der Waals surface area contributed by atoms with Gasteiger partial charge >= 0.3 is 6.09 Å². The molecule has 0 radical (unpaired) electrons. The van der Waals surface area contributed by atoms with Crippen molar-refractivity contribution < 1.29 is 9.53 Å². The van der Waals surface area contributed by atoms with Crippen molar-refractivity contribution in [1.82, 2.24) is 5.43 Å². The summed E-state index contributed by atoms with van der Waals surface area (Å²) >= 11 is 0. The number of rotatable bonds is 6. The summed E-state index contributed by atoms with van der Waals surface area (Å²) in [6.45, 7) is 0. The molecule has 0 unspecified atom stereocenters. The first-order valence-electron chi connectivity index (χ1n) is 8.66. The number of hydrazone groups is 1. The number of hydrogen-bond donors (Lipinski definition) is 1. The maximum Gasteiger partial charge on any atom is 0.433 e. The van der Waals surface area contributed by atoms with E-state index in [0.717, 1.165) is 11.1 Å². The Morgan fingerprint density at radius 3 is 2.07 bits per heavy atom. The fourth-order valence-corrected chi connectivity index (χ4v) is 2.39. The maximum atomic E-state index is 11.6. The molecule has 1 N–H and O–H groups in total. The molecule has 4 nitrogen and oxygen atoms in total. The van der Waals surface area contributed by atoms with Crippen molar-refractivity contribution >= 4 is 24.5 Å². The van der Waals surface area contributed by atoms with Gasteiger partial charge in [0.25, 0.3) is 0 Å². The molecule has 27 heavy (non-hydrogen) atoms. The first-order chi connectivity index (χ1) is 13.3. The van der Waals surface area contributed by atoms with Crippen LogP contribution in [0.2, 0.25) is 0 Å². The van der Waals surface area contributed by atoms with Crippen LogP contribution < -0.4 is 10.2 Å². The van der Waals surface area contributed by atoms with Crippen molar-refractivity contribution in [2.24, 2.45) is 5.10 Å². The third-order valence-corrected chi connectivity index (χ3v) is 3.78. The number of nitrogens with zero attached hydrogens (tertiary/aromatic N) is 1. The molecule has 134 valence electrons. The fraction of sp³-hybridized carbons (Fsp3) is 0.0435. The van der Waals surface area contributed by atoms with Gasteiger partial charge in [0.1, 0.15) is 5.75 Å². The van der Waals surface area contributed by atoms with Crippen LogP contribution in [0.25, 0.3) is 12.2 Å². The molecule has 0 aliphatic rings. The Balaban J connectivity index is 1.45. The second-order valence-electron chi connectivity index (χ2n) is 5.82. The Morgan fingerprint density at radius 2 is 1.41 bits per heavy atom. The zero-order chi connectivity index (χ0) is 18.7. The normalized spacial score (nSPS) is 11.0. The van der Waals surface area contributed by atoms with Gasteiger partial charge in [-0.05, 0) is 28.8 Å². The maximum absolute atomic E-state index is 11.6. The zero-order valence-corrected chi connectivity index (χ0v) is 14.8. The van der Waals surface area contributed by atoms with Gasteiger partial charge in [-0.2, -0.15) is 5.10 Å². The van der Waals surface area contributed by atoms with Gasteiger partial charge in [-0.25, -0.2) is 10.2 Å². The van der Waals surface area contributed by atoms with Gasteiger partial charge in [-0.15, -0.1) is 0 Å². The highest BCUT2D eigenvalue weighted by atomic mass is 16.6. The molecule has 0 saturated heterocycles. The average Bonchev–Trinajstić information content (AvgIpc) is 2.72. The van der Waals surface area contributed by atoms with E-state index in [2.05, 4.69) is 46.9 Å². The quantitative estimate of drug-likeness (QED) is 0.376. The summed E-state index contributed by atoms with van der Waals surface area (Å²) in [7, 11) is 0. The number of carbonyl (C=O) groups excluding carboxylic acids is 1. The van der Waals surface area contributed by atoms with Crippen LogP contribution in [0.4, 0.5) is 4.79 Å². The molecule has 3 rings (SSSR count). The third kappa shape index (κ3) is 6.29. The van der Waals surface area contributed by atoms with Gasteiger partial charge in [-0.3, -0.25) is 0 Å². The molecule has 4 heteroatoms. The molecule has 1 amide bonds. The zero-order valence-electron chi connectivity index (χ0n) is 14.8. The first-order valence-corrected chi connectivity index (χ1v) is 8.66. The molecule has 0 fully saturated rings. The Hall–Kier alpha value is -3.66. The summed E-state index contributed by atoms with van der Waals surface area (Å²) in [5, 5.41) is 3.90. The number of ether oxygens (including phenoxy) is 1. The number of nitrogens with one attached hydrogen (secondary N) is 1. The molecule has 0 bridgehead atoms. The van der Waals surface area contributed by atoms with Crippen LogP contribution in [0, 0.1) is 0 Å². The lowest BCUT2D eigenvalue weighted by Crippen LogP contribution is -2.21. The van der Waals surface area contributed by atoms with E-state index in [0.29, 0.717) is 12.2 Å². The molecule has 0 saturated carbocycles. The molecule has 0 spiro atoms. The van der Waals surface area contributed by atoms with E-state index in [1.165, 1.54) is 5.56 Å². The third-order valence-electron chi connectivity index (χ3n) is 3.78. The van der Waals surface area contributed by atoms with Crippen molar-refractivity contribution in [1.29, 1.82) is 0 Å². The first kappa shape index (κ1) is 18.1. The van der Waals surface area contributed by atoms with Crippen LogP contribution in [0.15, 0.2) is 90.0 Å². The molecule has 3 aromatic carbocycles. The molecule has 0 heterocycles. The second kappa shape index (κ2) is 9.73. The van der Waals surface area contributed by atoms with Gasteiger partial charge in [0, 0.05) is 12.6 Å². The predicted octanol–water partition coefficient (Wildman–Crippen LogP) is 5.17. The van der Waals surface area contributed by atoms with Crippen molar-refractivity contribution in [3.63, 3.8) is 0 Å². The minimum Gasteiger partial charge on any atom is -0.409 e. The smallest absolute Gasteiger partial charge is 0.409 e. The van der Waals surface area contributed by atoms with E-state index < -0.39 is 6.09 Å². The highest BCUT2D eigenvalue weighted by molar-refractivity contribution is 5.72. The molecule has 0 aliphatic heterocycles. The van der Waals surface area contributed by atoms with Crippen LogP contribution in [-0.2, 0) is 6.42 Å². The highest BCUT2D eigenvalue weighted by Gasteiger charge is 2.00. The molecule has 3 aromatic rings. The van der Waals surface area contributed by atoms with E-state index in [1.807, 2.05) is 36.4 Å². The SMILES string of the molecule is O=C(NN=CCc1ccc(C=Cc2ccccc2)cc1)Oc1ccccc1. The van der Waals surface area contributed by atoms with Crippen molar-refractivity contribution in [2.45, 2.75) is 6.42 Å². The molecule has 0 atom stereocenters. The van der Waals surface area contributed by atoms with Crippen molar-refractivity contribution in [3.05, 3.63) is 102 Å². The van der Waals surface area contributed by atoms with E-state index >= 15 is 0 Å². The lowest BCUT2D eigenvalue weighted by molar-refractivity contribution is 0.201. The second-order valence-corrected chi connectivity index (χ2v) is 5.82. The Morgan fingerprint density at radius 1 is 0.815 bits per heavy atom. The van der Waals surface area contributed by atoms with Crippen LogP contribution in [0.3, 0.4) is 0 Å². The van der Waals surface area contributed by atoms with Gasteiger partial charge in [0.15, 0.2) is 0 Å². The van der Waals surface area contributed by atoms with Crippen molar-refractivity contribution in [3.8, 4) is 5.75 Å². The van der Waals surface area contributed by atoms with Crippen LogP contribution in [0.5, 0.6) is 5.75 Å². The van der Waals surface area contributed by atoms with Gasteiger partial charge in [0.05, 0.1) is 0 Å². The summed E-state index contributed by atoms with van der Waals surface area (Å²) in [6, 6.07) is 27.2. The van der Waals surface area contributed by atoms with Crippen LogP contribution in [0.1, 0.15) is 16.7 Å². The standard InChI is InChI=1S/C23H20N2O2/c26-23(27-22-9-5-2-6-10-22)25-24-18-17-21-15-13-20(14-16-21)12-11-19-7-3-1-4-8-19/h1-16,18H,17H2,(H,25,26). The van der Waals surface area contributed by atoms with Crippen LogP contribution in [-0.4, -0.2) is 12.3 Å². The topological polar surface area (TPSA) is 50.7 Å². The van der Waals surface area contributed by atoms with Gasteiger partial charge < -0.3 is 4.74 Å². The Labute approximate surface area is 158 Å². The van der Waals surface area contributed by atoms with E-state index in [-0.39, 0.29) is 0 Å². The summed E-state index contributed by atoms with van der Waals surface area (Å²) in [4.78, 5) is 11.6. The summed E-state index contributed by atoms with van der Waals surface area (Å²) in [6.07, 6.45) is 5.81. The van der Waals surface area contributed by atoms with Crippen LogP contribution >= 0.6 is 0 Å². The summed E-state index contributed by atoms with van der Waals surface area (Å²) < 4.78 is 5.07. The predicted molar refractivity (Wildman–Crippen MR) is 110 cm³/mol. The monoisotopic (exact) mass is 356 g/mol. The van der Waals surface area contributed by atoms with Gasteiger partial charge in [0.2, 0.25) is 0 Å². The Kier molecular flexibility index (Phi) is 6.54. The number of amides is 1. The highest BCUT2D eigenvalue weighted by Crippen LogP contribution is 2.10. The van der Waals surface area contributed by atoms with E-state index in [4.69, 9.17) is 4.74 Å². The molecular formula is C23H20N2O2. The molecule has 0 aromatic heterocycles. The van der Waals surface area contributed by atoms with E-state index in [9.17, 15) is 4.79 Å². The van der Waals surface area contributed by atoms with Gasteiger partial charge in [-0.1, -0.05) is 84.9 Å².